The van der Waals surface area contributed by atoms with Gasteiger partial charge in [-0.3, -0.25) is 9.59 Å². The maximum atomic E-state index is 13.5. The Bertz CT molecular complexity index is 1010. The first-order valence-corrected chi connectivity index (χ1v) is 12.6. The molecular formula is C27H33N3O4. The van der Waals surface area contributed by atoms with E-state index < -0.39 is 0 Å². The summed E-state index contributed by atoms with van der Waals surface area (Å²) in [5, 5.41) is 0. The van der Waals surface area contributed by atoms with Gasteiger partial charge in [-0.15, -0.1) is 0 Å². The first kappa shape index (κ1) is 22.7. The number of carbonyl (C=O) groups is 2. The van der Waals surface area contributed by atoms with Crippen LogP contribution in [0.25, 0.3) is 0 Å². The molecule has 7 nitrogen and oxygen atoms in total. The molecule has 0 spiro atoms. The lowest BCUT2D eigenvalue weighted by Gasteiger charge is -2.42. The minimum Gasteiger partial charge on any atom is -0.490 e. The van der Waals surface area contributed by atoms with Gasteiger partial charge in [0.2, 0.25) is 17.7 Å². The zero-order valence-corrected chi connectivity index (χ0v) is 19.7. The van der Waals surface area contributed by atoms with Crippen LogP contribution in [-0.2, 0) is 16.1 Å². The van der Waals surface area contributed by atoms with Crippen molar-refractivity contribution in [3.8, 4) is 17.4 Å². The molecule has 2 amide bonds. The van der Waals surface area contributed by atoms with E-state index in [9.17, 15) is 9.59 Å². The van der Waals surface area contributed by atoms with Crippen molar-refractivity contribution in [3.05, 3.63) is 48.2 Å². The van der Waals surface area contributed by atoms with E-state index >= 15 is 0 Å². The minimum atomic E-state index is -0.119. The van der Waals surface area contributed by atoms with Crippen LogP contribution in [0.4, 0.5) is 0 Å². The molecule has 7 heteroatoms. The number of rotatable bonds is 2. The summed E-state index contributed by atoms with van der Waals surface area (Å²) in [5.74, 6) is 2.23. The second-order valence-corrected chi connectivity index (χ2v) is 9.61. The molecule has 34 heavy (non-hydrogen) atoms. The third kappa shape index (κ3) is 5.03. The molecule has 0 radical (unpaired) electrons. The van der Waals surface area contributed by atoms with Gasteiger partial charge < -0.3 is 19.3 Å². The Labute approximate surface area is 201 Å². The molecule has 0 atom stereocenters. The molecule has 0 N–H and O–H groups in total. The maximum absolute atomic E-state index is 13.5. The molecule has 1 aliphatic carbocycles. The number of aromatic nitrogens is 1. The number of likely N-dealkylation sites (tertiary alicyclic amines) is 1. The second kappa shape index (κ2) is 10.5. The number of nitrogens with zero attached hydrogens (tertiary/aromatic N) is 3. The molecule has 0 bridgehead atoms. The fourth-order valence-corrected chi connectivity index (χ4v) is 5.13. The van der Waals surface area contributed by atoms with Crippen molar-refractivity contribution in [3.63, 3.8) is 0 Å². The molecule has 1 saturated carbocycles. The molecule has 0 unspecified atom stereocenters. The number of amides is 2. The van der Waals surface area contributed by atoms with Crippen LogP contribution in [0.1, 0.15) is 50.5 Å². The van der Waals surface area contributed by atoms with Gasteiger partial charge in [0, 0.05) is 37.3 Å². The third-order valence-electron chi connectivity index (χ3n) is 7.16. The molecule has 2 aromatic rings. The maximum Gasteiger partial charge on any atom is 0.229 e. The van der Waals surface area contributed by atoms with E-state index in [-0.39, 0.29) is 23.7 Å². The Hall–Kier alpha value is -3.09. The van der Waals surface area contributed by atoms with Gasteiger partial charge in [0.05, 0.1) is 19.1 Å². The van der Waals surface area contributed by atoms with Crippen molar-refractivity contribution >= 4 is 11.8 Å². The summed E-state index contributed by atoms with van der Waals surface area (Å²) in [5.41, 5.74) is 0.864. The van der Waals surface area contributed by atoms with Gasteiger partial charge in [0.1, 0.15) is 0 Å². The number of benzene rings is 1. The van der Waals surface area contributed by atoms with Gasteiger partial charge in [-0.05, 0) is 50.3 Å². The summed E-state index contributed by atoms with van der Waals surface area (Å²) < 4.78 is 12.1. The van der Waals surface area contributed by atoms with Crippen LogP contribution in [0.5, 0.6) is 17.4 Å². The van der Waals surface area contributed by atoms with Crippen molar-refractivity contribution in [2.75, 3.05) is 26.2 Å². The fourth-order valence-electron chi connectivity index (χ4n) is 5.13. The lowest BCUT2D eigenvalue weighted by molar-refractivity contribution is -0.151. The molecule has 3 heterocycles. The molecule has 1 saturated heterocycles. The summed E-state index contributed by atoms with van der Waals surface area (Å²) in [6, 6.07) is 11.5. The van der Waals surface area contributed by atoms with E-state index in [1.165, 1.54) is 0 Å². The van der Waals surface area contributed by atoms with Crippen molar-refractivity contribution in [1.82, 2.24) is 14.8 Å². The Kier molecular flexibility index (Phi) is 6.97. The van der Waals surface area contributed by atoms with E-state index in [1.54, 1.807) is 6.20 Å². The normalized spacial score (nSPS) is 19.9. The monoisotopic (exact) mass is 463 g/mol. The van der Waals surface area contributed by atoms with Crippen LogP contribution in [0.2, 0.25) is 0 Å². The van der Waals surface area contributed by atoms with E-state index in [0.29, 0.717) is 50.2 Å². The van der Waals surface area contributed by atoms with Gasteiger partial charge >= 0.3 is 0 Å². The quantitative estimate of drug-likeness (QED) is 0.660. The summed E-state index contributed by atoms with van der Waals surface area (Å²) >= 11 is 0. The summed E-state index contributed by atoms with van der Waals surface area (Å²) in [6.45, 7) is 2.81. The highest BCUT2D eigenvalue weighted by atomic mass is 16.5. The number of fused-ring (bicyclic) bond motifs is 2. The minimum absolute atomic E-state index is 0.119. The van der Waals surface area contributed by atoms with Crippen LogP contribution >= 0.6 is 0 Å². The molecule has 2 fully saturated rings. The smallest absolute Gasteiger partial charge is 0.229 e. The van der Waals surface area contributed by atoms with Crippen LogP contribution in [0.3, 0.4) is 0 Å². The highest BCUT2D eigenvalue weighted by molar-refractivity contribution is 5.85. The van der Waals surface area contributed by atoms with Crippen molar-refractivity contribution < 1.29 is 19.1 Å². The summed E-state index contributed by atoms with van der Waals surface area (Å²) in [6.07, 6.45) is 8.78. The molecule has 5 rings (SSSR count). The van der Waals surface area contributed by atoms with E-state index in [0.717, 1.165) is 50.5 Å². The largest absolute Gasteiger partial charge is 0.490 e. The molecule has 2 aliphatic heterocycles. The lowest BCUT2D eigenvalue weighted by Crippen LogP contribution is -2.57. The highest BCUT2D eigenvalue weighted by Crippen LogP contribution is 2.34. The van der Waals surface area contributed by atoms with Crippen LogP contribution in [0.15, 0.2) is 42.6 Å². The number of hydrogen-bond donors (Lipinski definition) is 0. The summed E-state index contributed by atoms with van der Waals surface area (Å²) in [7, 11) is 0. The average molecular weight is 464 g/mol. The van der Waals surface area contributed by atoms with Crippen molar-refractivity contribution in [1.29, 1.82) is 0 Å². The Morgan fingerprint density at radius 1 is 0.824 bits per heavy atom. The van der Waals surface area contributed by atoms with E-state index in [2.05, 4.69) is 4.98 Å². The van der Waals surface area contributed by atoms with Crippen LogP contribution < -0.4 is 9.47 Å². The first-order valence-electron chi connectivity index (χ1n) is 12.6. The average Bonchev–Trinajstić information content (AvgIpc) is 3.36. The predicted octanol–water partition coefficient (Wildman–Crippen LogP) is 4.41. The topological polar surface area (TPSA) is 72.0 Å². The van der Waals surface area contributed by atoms with Gasteiger partial charge in [-0.2, -0.15) is 0 Å². The molecule has 3 aliphatic rings. The number of hydrogen-bond acceptors (Lipinski definition) is 5. The second-order valence-electron chi connectivity index (χ2n) is 9.61. The standard InChI is InChI=1S/C27H33N3O4/c31-26(20-9-2-3-10-20)30-18-22(19-30)27(32)29-15-6-1-7-16-33-23-12-4-5-13-24(23)34-25-21(17-29)11-8-14-28-25/h4-5,8,11-14,20,22H,1-3,6-7,9-10,15-19H2. The highest BCUT2D eigenvalue weighted by Gasteiger charge is 2.40. The lowest BCUT2D eigenvalue weighted by atomic mass is 9.94. The third-order valence-corrected chi connectivity index (χ3v) is 7.16. The van der Waals surface area contributed by atoms with Gasteiger partial charge in [-0.25, -0.2) is 4.98 Å². The number of pyridine rings is 1. The molecular weight excluding hydrogens is 430 g/mol. The summed E-state index contributed by atoms with van der Waals surface area (Å²) in [4.78, 5) is 34.4. The van der Waals surface area contributed by atoms with Crippen LogP contribution in [0, 0.1) is 11.8 Å². The van der Waals surface area contributed by atoms with Gasteiger partial charge in [-0.1, -0.05) is 31.0 Å². The SMILES string of the molecule is O=C(C1CN(C(=O)C2CCCC2)C1)N1CCCCCOc2ccccc2Oc2ncccc2C1. The molecule has 1 aromatic heterocycles. The van der Waals surface area contributed by atoms with Gasteiger partial charge in [0.15, 0.2) is 11.5 Å². The number of ether oxygens (including phenoxy) is 2. The van der Waals surface area contributed by atoms with Crippen molar-refractivity contribution in [2.24, 2.45) is 11.8 Å². The predicted molar refractivity (Wildman–Crippen MR) is 128 cm³/mol. The molecule has 1 aromatic carbocycles. The molecule has 180 valence electrons. The van der Waals surface area contributed by atoms with Gasteiger partial charge in [0.25, 0.3) is 0 Å². The fraction of sp³-hybridized carbons (Fsp3) is 0.519. The van der Waals surface area contributed by atoms with E-state index in [1.807, 2.05) is 46.2 Å². The van der Waals surface area contributed by atoms with E-state index in [4.69, 9.17) is 9.47 Å². The Balaban J connectivity index is 1.30. The number of para-hydroxylation sites is 2. The Morgan fingerprint density at radius 3 is 2.41 bits per heavy atom. The van der Waals surface area contributed by atoms with Crippen LogP contribution in [-0.4, -0.2) is 52.8 Å². The van der Waals surface area contributed by atoms with Crippen molar-refractivity contribution in [2.45, 2.75) is 51.5 Å². The zero-order valence-electron chi connectivity index (χ0n) is 19.7. The first-order chi connectivity index (χ1) is 16.7. The zero-order chi connectivity index (χ0) is 23.3. The Morgan fingerprint density at radius 2 is 1.59 bits per heavy atom. The number of carbonyl (C=O) groups excluding carboxylic acids is 2.